The first-order valence-electron chi connectivity index (χ1n) is 12.0. The zero-order valence-electron chi connectivity index (χ0n) is 20.5. The smallest absolute Gasteiger partial charge is 0.336 e. The number of hydrogen-bond acceptors (Lipinski definition) is 11. The number of aliphatic hydroxyl groups excluding tert-OH is 1. The van der Waals surface area contributed by atoms with Gasteiger partial charge in [-0.15, -0.1) is 0 Å². The molecule has 1 heterocycles. The van der Waals surface area contributed by atoms with E-state index < -0.39 is 89.2 Å². The Morgan fingerprint density at radius 1 is 1.13 bits per heavy atom. The van der Waals surface area contributed by atoms with Crippen molar-refractivity contribution in [3.8, 4) is 17.2 Å². The molecule has 2 aliphatic carbocycles. The summed E-state index contributed by atoms with van der Waals surface area (Å²) < 4.78 is 16.9. The highest BCUT2D eigenvalue weighted by molar-refractivity contribution is 6.31. The van der Waals surface area contributed by atoms with Crippen LogP contribution in [0.4, 0.5) is 0 Å². The van der Waals surface area contributed by atoms with Gasteiger partial charge in [0.15, 0.2) is 17.7 Å². The molecule has 3 aliphatic rings. The third kappa shape index (κ3) is 3.76. The topological polar surface area (TPSA) is 206 Å². The number of methoxy groups -OCH3 is 1. The largest absolute Gasteiger partial charge is 0.507 e. The number of rotatable bonds is 4. The van der Waals surface area contributed by atoms with Crippen LogP contribution in [0.5, 0.6) is 17.2 Å². The molecule has 1 saturated heterocycles. The molecule has 7 N–H and O–H groups in total. The van der Waals surface area contributed by atoms with E-state index in [2.05, 4.69) is 0 Å². The number of aromatic hydroxyl groups is 2. The zero-order chi connectivity index (χ0) is 27.7. The second-order valence-corrected chi connectivity index (χ2v) is 9.88. The second-order valence-electron chi connectivity index (χ2n) is 9.88. The minimum absolute atomic E-state index is 0.00250. The number of fused-ring (bicyclic) bond motifs is 3. The van der Waals surface area contributed by atoms with Crippen molar-refractivity contribution in [3.63, 3.8) is 0 Å². The van der Waals surface area contributed by atoms with Crippen molar-refractivity contribution in [2.75, 3.05) is 7.11 Å². The molecule has 12 nitrogen and oxygen atoms in total. The summed E-state index contributed by atoms with van der Waals surface area (Å²) in [6.07, 6.45) is -5.42. The van der Waals surface area contributed by atoms with Crippen LogP contribution in [0.3, 0.4) is 0 Å². The number of ketones is 2. The van der Waals surface area contributed by atoms with Crippen LogP contribution in [0, 0.1) is 0 Å². The zero-order valence-corrected chi connectivity index (χ0v) is 20.5. The van der Waals surface area contributed by atoms with Gasteiger partial charge in [0.25, 0.3) is 0 Å². The lowest BCUT2D eigenvalue weighted by Crippen LogP contribution is -2.52. The molecule has 0 unspecified atom stereocenters. The normalized spacial score (nSPS) is 30.3. The Hall–Kier alpha value is -3.55. The van der Waals surface area contributed by atoms with Crippen LogP contribution in [0.1, 0.15) is 68.8 Å². The van der Waals surface area contributed by atoms with Gasteiger partial charge in [-0.25, -0.2) is 4.79 Å². The molecule has 1 aliphatic heterocycles. The minimum Gasteiger partial charge on any atom is -0.507 e. The molecule has 5 rings (SSSR count). The van der Waals surface area contributed by atoms with Crippen LogP contribution in [0.2, 0.25) is 0 Å². The number of carboxylic acids is 1. The summed E-state index contributed by atoms with van der Waals surface area (Å²) in [4.78, 5) is 39.1. The van der Waals surface area contributed by atoms with E-state index in [-0.39, 0.29) is 34.4 Å². The molecule has 38 heavy (non-hydrogen) atoms. The van der Waals surface area contributed by atoms with Crippen LogP contribution < -0.4 is 10.5 Å². The fraction of sp³-hybridized carbons (Fsp3) is 0.423. The summed E-state index contributed by atoms with van der Waals surface area (Å²) in [6.45, 7) is 1.57. The fourth-order valence-corrected chi connectivity index (χ4v) is 5.55. The first-order chi connectivity index (χ1) is 17.9. The van der Waals surface area contributed by atoms with Crippen molar-refractivity contribution in [2.45, 2.75) is 62.4 Å². The lowest BCUT2D eigenvalue weighted by atomic mass is 9.73. The summed E-state index contributed by atoms with van der Waals surface area (Å²) in [5, 5.41) is 53.5. The predicted molar refractivity (Wildman–Crippen MR) is 127 cm³/mol. The average Bonchev–Trinajstić information content (AvgIpc) is 2.87. The minimum atomic E-state index is -2.44. The van der Waals surface area contributed by atoms with E-state index in [1.807, 2.05) is 0 Å². The van der Waals surface area contributed by atoms with Gasteiger partial charge in [-0.2, -0.15) is 0 Å². The van der Waals surface area contributed by atoms with E-state index >= 15 is 0 Å². The van der Waals surface area contributed by atoms with E-state index in [0.717, 1.165) is 0 Å². The third-order valence-electron chi connectivity index (χ3n) is 7.54. The Balaban J connectivity index is 1.68. The molecule has 0 bridgehead atoms. The Kier molecular flexibility index (Phi) is 6.20. The summed E-state index contributed by atoms with van der Waals surface area (Å²) in [6, 6.07) is 3.60. The van der Waals surface area contributed by atoms with Gasteiger partial charge in [-0.05, 0) is 13.0 Å². The Labute approximate surface area is 216 Å². The highest BCUT2D eigenvalue weighted by atomic mass is 16.7. The molecule has 6 atom stereocenters. The van der Waals surface area contributed by atoms with E-state index in [1.165, 1.54) is 25.3 Å². The van der Waals surface area contributed by atoms with Gasteiger partial charge in [0, 0.05) is 42.0 Å². The highest BCUT2D eigenvalue weighted by Gasteiger charge is 2.50. The summed E-state index contributed by atoms with van der Waals surface area (Å²) >= 11 is 0. The fourth-order valence-electron chi connectivity index (χ4n) is 5.55. The summed E-state index contributed by atoms with van der Waals surface area (Å²) in [7, 11) is 1.32. The maximum atomic E-state index is 13.6. The van der Waals surface area contributed by atoms with Crippen molar-refractivity contribution in [3.05, 3.63) is 51.6 Å². The standard InChI is InChI=1S/C26H27NO11/c1-9-20(28)12(27)6-15(37-9)38-14-8-26(35,25(33)34)7-11-17(14)24(32)19-18(22(11)30)21(29)10-4-3-5-13(36-2)16(10)23(19)31/h3-5,9,12,14-15,20,28,30,32,35H,6-8,27H2,1-2H3,(H,33,34)/t9-,12-,14-,15+,20+,26+/m0/s1. The molecule has 0 saturated carbocycles. The molecule has 1 fully saturated rings. The summed E-state index contributed by atoms with van der Waals surface area (Å²) in [5.74, 6) is -4.52. The van der Waals surface area contributed by atoms with Gasteiger partial charge >= 0.3 is 5.97 Å². The predicted octanol–water partition coefficient (Wildman–Crippen LogP) is 0.524. The first kappa shape index (κ1) is 26.1. The highest BCUT2D eigenvalue weighted by Crippen LogP contribution is 2.52. The molecule has 12 heteroatoms. The van der Waals surface area contributed by atoms with Crippen molar-refractivity contribution in [1.29, 1.82) is 0 Å². The van der Waals surface area contributed by atoms with Gasteiger partial charge in [-0.1, -0.05) is 12.1 Å². The number of phenolic OH excluding ortho intramolecular Hbond substituents is 2. The molecule has 2 aromatic rings. The molecular formula is C26H27NO11. The number of carboxylic acid groups (broad SMARTS) is 1. The van der Waals surface area contributed by atoms with Crippen LogP contribution >= 0.6 is 0 Å². The van der Waals surface area contributed by atoms with E-state index in [1.54, 1.807) is 6.92 Å². The number of aliphatic hydroxyl groups is 2. The van der Waals surface area contributed by atoms with Crippen LogP contribution in [-0.2, 0) is 20.7 Å². The number of carbonyl (C=O) groups is 3. The molecule has 202 valence electrons. The molecule has 0 aromatic heterocycles. The first-order valence-corrected chi connectivity index (χ1v) is 12.0. The Morgan fingerprint density at radius 2 is 1.82 bits per heavy atom. The molecule has 0 radical (unpaired) electrons. The van der Waals surface area contributed by atoms with Crippen LogP contribution in [0.15, 0.2) is 18.2 Å². The van der Waals surface area contributed by atoms with Crippen LogP contribution in [-0.4, -0.2) is 80.3 Å². The van der Waals surface area contributed by atoms with Gasteiger partial charge in [-0.3, -0.25) is 9.59 Å². The number of nitrogens with two attached hydrogens (primary N) is 1. The van der Waals surface area contributed by atoms with Crippen molar-refractivity contribution < 1.29 is 54.1 Å². The number of carbonyl (C=O) groups excluding carboxylic acids is 2. The number of benzene rings is 2. The molecule has 0 spiro atoms. The summed E-state index contributed by atoms with van der Waals surface area (Å²) in [5.41, 5.74) is 1.98. The van der Waals surface area contributed by atoms with Gasteiger partial charge in [0.2, 0.25) is 5.78 Å². The van der Waals surface area contributed by atoms with E-state index in [4.69, 9.17) is 19.9 Å². The average molecular weight is 529 g/mol. The third-order valence-corrected chi connectivity index (χ3v) is 7.54. The number of phenols is 2. The number of aliphatic carboxylic acids is 1. The van der Waals surface area contributed by atoms with Crippen molar-refractivity contribution in [1.82, 2.24) is 0 Å². The van der Waals surface area contributed by atoms with E-state index in [9.17, 15) is 39.9 Å². The molecular weight excluding hydrogens is 502 g/mol. The quantitative estimate of drug-likeness (QED) is 0.256. The lowest BCUT2D eigenvalue weighted by Gasteiger charge is -2.41. The maximum absolute atomic E-state index is 13.6. The monoisotopic (exact) mass is 529 g/mol. The Morgan fingerprint density at radius 3 is 2.45 bits per heavy atom. The van der Waals surface area contributed by atoms with Crippen LogP contribution in [0.25, 0.3) is 0 Å². The van der Waals surface area contributed by atoms with E-state index in [0.29, 0.717) is 0 Å². The van der Waals surface area contributed by atoms with Crippen molar-refractivity contribution >= 4 is 17.5 Å². The molecule has 0 amide bonds. The van der Waals surface area contributed by atoms with Gasteiger partial charge in [0.05, 0.1) is 42.1 Å². The second kappa shape index (κ2) is 9.03. The number of hydrogen-bond donors (Lipinski definition) is 6. The molecule has 2 aromatic carbocycles. The SMILES string of the molecule is COc1cccc2c1C(=O)c1c(O)c3c(c(O)c1C2=O)C[C@](O)(C(=O)O)C[C@@H]3O[C@@H]1C[C@H](N)[C@H](O)[C@H](C)O1. The maximum Gasteiger partial charge on any atom is 0.336 e. The number of ether oxygens (including phenoxy) is 3. The Bertz CT molecular complexity index is 1360. The lowest BCUT2D eigenvalue weighted by molar-refractivity contribution is -0.248. The van der Waals surface area contributed by atoms with Crippen molar-refractivity contribution in [2.24, 2.45) is 5.73 Å². The van der Waals surface area contributed by atoms with Gasteiger partial charge in [0.1, 0.15) is 17.2 Å². The van der Waals surface area contributed by atoms with Gasteiger partial charge < -0.3 is 45.5 Å².